The maximum atomic E-state index is 13.7. The van der Waals surface area contributed by atoms with Crippen molar-refractivity contribution in [3.05, 3.63) is 64.0 Å². The third-order valence-corrected chi connectivity index (χ3v) is 3.42. The van der Waals surface area contributed by atoms with E-state index in [4.69, 9.17) is 0 Å². The summed E-state index contributed by atoms with van der Waals surface area (Å²) in [6.45, 7) is 8.91. The van der Waals surface area contributed by atoms with Crippen LogP contribution in [0.4, 0.5) is 10.1 Å². The molecule has 0 radical (unpaired) electrons. The molecule has 0 fully saturated rings. The number of hydrogen-bond acceptors (Lipinski definition) is 1. The highest BCUT2D eigenvalue weighted by atomic mass is 19.1. The molecule has 0 saturated heterocycles. The van der Waals surface area contributed by atoms with Gasteiger partial charge in [0, 0.05) is 6.54 Å². The van der Waals surface area contributed by atoms with Crippen molar-refractivity contribution in [2.24, 2.45) is 0 Å². The topological polar surface area (TPSA) is 12.0 Å². The van der Waals surface area contributed by atoms with Crippen LogP contribution in [0.2, 0.25) is 0 Å². The van der Waals surface area contributed by atoms with E-state index in [0.29, 0.717) is 12.2 Å². The Morgan fingerprint density at radius 2 is 1.53 bits per heavy atom. The Labute approximate surface area is 114 Å². The second kappa shape index (κ2) is 5.43. The van der Waals surface area contributed by atoms with Crippen LogP contribution in [-0.4, -0.2) is 0 Å². The predicted molar refractivity (Wildman–Crippen MR) is 79.1 cm³/mol. The Balaban J connectivity index is 2.21. The van der Waals surface area contributed by atoms with Crippen LogP contribution in [0, 0.1) is 33.5 Å². The van der Waals surface area contributed by atoms with E-state index in [1.54, 1.807) is 6.07 Å². The Hall–Kier alpha value is -1.83. The smallest absolute Gasteiger partial charge is 0.146 e. The molecule has 0 aliphatic rings. The molecule has 2 aromatic carbocycles. The average Bonchev–Trinajstić information content (AvgIpc) is 2.32. The molecular formula is C17H20FN. The lowest BCUT2D eigenvalue weighted by Gasteiger charge is -2.14. The quantitative estimate of drug-likeness (QED) is 0.842. The number of hydrogen-bond donors (Lipinski definition) is 1. The average molecular weight is 257 g/mol. The number of nitrogens with one attached hydrogen (secondary N) is 1. The van der Waals surface area contributed by atoms with Crippen molar-refractivity contribution in [3.8, 4) is 0 Å². The fraction of sp³-hybridized carbons (Fsp3) is 0.294. The van der Waals surface area contributed by atoms with Gasteiger partial charge in [0.1, 0.15) is 5.82 Å². The number of anilines is 1. The molecule has 0 atom stereocenters. The van der Waals surface area contributed by atoms with Crippen molar-refractivity contribution < 1.29 is 4.39 Å². The molecule has 0 heterocycles. The van der Waals surface area contributed by atoms with Gasteiger partial charge >= 0.3 is 0 Å². The molecule has 2 rings (SSSR count). The van der Waals surface area contributed by atoms with E-state index in [2.05, 4.69) is 38.2 Å². The highest BCUT2D eigenvalue weighted by molar-refractivity contribution is 5.49. The third-order valence-electron chi connectivity index (χ3n) is 3.42. The van der Waals surface area contributed by atoms with Crippen LogP contribution >= 0.6 is 0 Å². The van der Waals surface area contributed by atoms with Crippen molar-refractivity contribution in [2.45, 2.75) is 34.2 Å². The van der Waals surface area contributed by atoms with Crippen LogP contribution in [-0.2, 0) is 6.54 Å². The lowest BCUT2D eigenvalue weighted by atomic mass is 10.00. The van der Waals surface area contributed by atoms with Crippen molar-refractivity contribution in [3.63, 3.8) is 0 Å². The summed E-state index contributed by atoms with van der Waals surface area (Å²) < 4.78 is 13.7. The van der Waals surface area contributed by atoms with Crippen LogP contribution in [0.5, 0.6) is 0 Å². The van der Waals surface area contributed by atoms with Gasteiger partial charge in [-0.2, -0.15) is 0 Å². The maximum absolute atomic E-state index is 13.7. The molecular weight excluding hydrogens is 237 g/mol. The van der Waals surface area contributed by atoms with Gasteiger partial charge in [-0.05, 0) is 62.1 Å². The fourth-order valence-corrected chi connectivity index (χ4v) is 2.45. The van der Waals surface area contributed by atoms with Crippen LogP contribution in [0.25, 0.3) is 0 Å². The van der Waals surface area contributed by atoms with E-state index in [1.165, 1.54) is 28.3 Å². The summed E-state index contributed by atoms with van der Waals surface area (Å²) in [5.74, 6) is -0.201. The molecule has 1 nitrogen and oxygen atoms in total. The summed E-state index contributed by atoms with van der Waals surface area (Å²) in [4.78, 5) is 0. The standard InChI is InChI=1S/C17H20FN/c1-11-5-6-16(18)17(9-11)19-10-15-13(3)7-12(2)8-14(15)4/h5-9,19H,10H2,1-4H3. The first-order chi connectivity index (χ1) is 8.97. The third kappa shape index (κ3) is 3.14. The number of aryl methyl sites for hydroxylation is 4. The Morgan fingerprint density at radius 3 is 2.16 bits per heavy atom. The monoisotopic (exact) mass is 257 g/mol. The molecule has 0 aliphatic carbocycles. The summed E-state index contributed by atoms with van der Waals surface area (Å²) in [7, 11) is 0. The van der Waals surface area contributed by atoms with Gasteiger partial charge in [-0.15, -0.1) is 0 Å². The zero-order chi connectivity index (χ0) is 14.0. The van der Waals surface area contributed by atoms with Crippen LogP contribution in [0.15, 0.2) is 30.3 Å². The molecule has 0 unspecified atom stereocenters. The molecule has 0 spiro atoms. The van der Waals surface area contributed by atoms with Crippen LogP contribution in [0.3, 0.4) is 0 Å². The van der Waals surface area contributed by atoms with Crippen molar-refractivity contribution in [1.82, 2.24) is 0 Å². The van der Waals surface area contributed by atoms with E-state index < -0.39 is 0 Å². The van der Waals surface area contributed by atoms with Crippen molar-refractivity contribution in [1.29, 1.82) is 0 Å². The summed E-state index contributed by atoms with van der Waals surface area (Å²) in [5, 5.41) is 3.20. The summed E-state index contributed by atoms with van der Waals surface area (Å²) in [5.41, 5.74) is 6.63. The number of rotatable bonds is 3. The SMILES string of the molecule is Cc1cc(C)c(CNc2cc(C)ccc2F)c(C)c1. The Kier molecular flexibility index (Phi) is 3.89. The van der Waals surface area contributed by atoms with E-state index in [1.807, 2.05) is 13.0 Å². The van der Waals surface area contributed by atoms with Gasteiger partial charge in [0.05, 0.1) is 5.69 Å². The van der Waals surface area contributed by atoms with Gasteiger partial charge in [0.15, 0.2) is 0 Å². The molecule has 0 aromatic heterocycles. The Bertz CT molecular complexity index is 579. The summed E-state index contributed by atoms with van der Waals surface area (Å²) >= 11 is 0. The van der Waals surface area contributed by atoms with E-state index >= 15 is 0 Å². The van der Waals surface area contributed by atoms with Gasteiger partial charge in [0.25, 0.3) is 0 Å². The first-order valence-corrected chi connectivity index (χ1v) is 6.54. The minimum Gasteiger partial charge on any atom is -0.379 e. The first-order valence-electron chi connectivity index (χ1n) is 6.54. The molecule has 100 valence electrons. The largest absolute Gasteiger partial charge is 0.379 e. The lowest BCUT2D eigenvalue weighted by molar-refractivity contribution is 0.629. The van der Waals surface area contributed by atoms with Crippen molar-refractivity contribution >= 4 is 5.69 Å². The second-order valence-electron chi connectivity index (χ2n) is 5.21. The van der Waals surface area contributed by atoms with Gasteiger partial charge in [0.2, 0.25) is 0 Å². The maximum Gasteiger partial charge on any atom is 0.146 e. The van der Waals surface area contributed by atoms with Gasteiger partial charge in [-0.1, -0.05) is 23.8 Å². The fourth-order valence-electron chi connectivity index (χ4n) is 2.45. The van der Waals surface area contributed by atoms with E-state index in [0.717, 1.165) is 5.56 Å². The molecule has 0 aliphatic heterocycles. The van der Waals surface area contributed by atoms with Gasteiger partial charge in [-0.25, -0.2) is 4.39 Å². The van der Waals surface area contributed by atoms with Crippen LogP contribution in [0.1, 0.15) is 27.8 Å². The molecule has 2 heteroatoms. The molecule has 0 amide bonds. The lowest BCUT2D eigenvalue weighted by Crippen LogP contribution is -2.05. The predicted octanol–water partition coefficient (Wildman–Crippen LogP) is 4.67. The van der Waals surface area contributed by atoms with Crippen molar-refractivity contribution in [2.75, 3.05) is 5.32 Å². The second-order valence-corrected chi connectivity index (χ2v) is 5.21. The van der Waals surface area contributed by atoms with E-state index in [9.17, 15) is 4.39 Å². The number of halogens is 1. The van der Waals surface area contributed by atoms with Gasteiger partial charge in [-0.3, -0.25) is 0 Å². The summed E-state index contributed by atoms with van der Waals surface area (Å²) in [6, 6.07) is 9.46. The van der Waals surface area contributed by atoms with E-state index in [-0.39, 0.29) is 5.82 Å². The zero-order valence-electron chi connectivity index (χ0n) is 12.0. The van der Waals surface area contributed by atoms with Gasteiger partial charge < -0.3 is 5.32 Å². The highest BCUT2D eigenvalue weighted by Crippen LogP contribution is 2.20. The molecule has 0 bridgehead atoms. The normalized spacial score (nSPS) is 10.6. The Morgan fingerprint density at radius 1 is 0.895 bits per heavy atom. The minimum atomic E-state index is -0.201. The summed E-state index contributed by atoms with van der Waals surface area (Å²) in [6.07, 6.45) is 0. The molecule has 19 heavy (non-hydrogen) atoms. The van der Waals surface area contributed by atoms with Crippen LogP contribution < -0.4 is 5.32 Å². The zero-order valence-corrected chi connectivity index (χ0v) is 12.0. The molecule has 2 aromatic rings. The highest BCUT2D eigenvalue weighted by Gasteiger charge is 2.06. The molecule has 0 saturated carbocycles. The number of benzene rings is 2. The first kappa shape index (κ1) is 13.6. The minimum absolute atomic E-state index is 0.201. The molecule has 1 N–H and O–H groups in total.